The molecule has 3 aromatic rings. The lowest BCUT2D eigenvalue weighted by atomic mass is 9.72. The monoisotopic (exact) mass is 485 g/mol. The van der Waals surface area contributed by atoms with Crippen molar-refractivity contribution in [3.63, 3.8) is 0 Å². The number of alkyl halides is 6. The molecule has 0 saturated carbocycles. The summed E-state index contributed by atoms with van der Waals surface area (Å²) in [5, 5.41) is 0. The van der Waals surface area contributed by atoms with Crippen molar-refractivity contribution in [2.75, 3.05) is 11.4 Å². The molecule has 180 valence electrons. The molecular weight excluding hydrogens is 464 g/mol. The summed E-state index contributed by atoms with van der Waals surface area (Å²) in [5.41, 5.74) is -1.81. The largest absolute Gasteiger partial charge is 0.417 e. The van der Waals surface area contributed by atoms with Gasteiger partial charge in [-0.1, -0.05) is 59.5 Å². The maximum atomic E-state index is 13.9. The van der Waals surface area contributed by atoms with Crippen molar-refractivity contribution in [1.29, 1.82) is 0 Å². The van der Waals surface area contributed by atoms with Crippen LogP contribution in [0.3, 0.4) is 0 Å². The standard InChI is InChI=1S/C28H21F6N/c1-4-23-24(15-21(27(29,30)31)16-25(23)28(32,33)34)26(20-9-5-18(2)6-10-20)13-14-35(17-26)22-11-7-19(3)8-12-22/h1,5-16H,17H2,2-3H3. The Morgan fingerprint density at radius 3 is 1.91 bits per heavy atom. The van der Waals surface area contributed by atoms with Gasteiger partial charge < -0.3 is 4.90 Å². The fourth-order valence-corrected chi connectivity index (χ4v) is 4.41. The lowest BCUT2D eigenvalue weighted by Crippen LogP contribution is -2.35. The number of rotatable bonds is 3. The highest BCUT2D eigenvalue weighted by atomic mass is 19.4. The van der Waals surface area contributed by atoms with Crippen molar-refractivity contribution >= 4 is 5.69 Å². The van der Waals surface area contributed by atoms with Crippen molar-refractivity contribution in [3.8, 4) is 12.3 Å². The number of aryl methyl sites for hydroxylation is 2. The minimum absolute atomic E-state index is 0.0758. The minimum Gasteiger partial charge on any atom is -0.347 e. The molecule has 4 rings (SSSR count). The van der Waals surface area contributed by atoms with E-state index in [1.165, 1.54) is 0 Å². The zero-order chi connectivity index (χ0) is 25.6. The smallest absolute Gasteiger partial charge is 0.347 e. The van der Waals surface area contributed by atoms with E-state index in [-0.39, 0.29) is 18.2 Å². The lowest BCUT2D eigenvalue weighted by molar-refractivity contribution is -0.143. The fraction of sp³-hybridized carbons (Fsp3) is 0.214. The molecule has 1 unspecified atom stereocenters. The summed E-state index contributed by atoms with van der Waals surface area (Å²) in [5.74, 6) is 2.05. The first kappa shape index (κ1) is 24.5. The molecule has 1 aliphatic heterocycles. The summed E-state index contributed by atoms with van der Waals surface area (Å²) in [6.45, 7) is 3.84. The summed E-state index contributed by atoms with van der Waals surface area (Å²) >= 11 is 0. The molecule has 0 amide bonds. The number of terminal acetylenes is 1. The quantitative estimate of drug-likeness (QED) is 0.272. The Hall–Kier alpha value is -3.66. The molecule has 0 radical (unpaired) electrons. The molecule has 0 spiro atoms. The van der Waals surface area contributed by atoms with E-state index in [0.717, 1.165) is 22.9 Å². The van der Waals surface area contributed by atoms with Crippen molar-refractivity contribution < 1.29 is 26.3 Å². The summed E-state index contributed by atoms with van der Waals surface area (Å²) in [7, 11) is 0. The molecule has 0 N–H and O–H groups in total. The first-order chi connectivity index (χ1) is 16.3. The van der Waals surface area contributed by atoms with Crippen LogP contribution in [-0.2, 0) is 17.8 Å². The van der Waals surface area contributed by atoms with Crippen molar-refractivity contribution in [1.82, 2.24) is 0 Å². The van der Waals surface area contributed by atoms with Gasteiger partial charge in [0.2, 0.25) is 0 Å². The maximum Gasteiger partial charge on any atom is 0.417 e. The third kappa shape index (κ3) is 4.53. The highest BCUT2D eigenvalue weighted by molar-refractivity contribution is 5.64. The van der Waals surface area contributed by atoms with Crippen LogP contribution in [0.15, 0.2) is 72.9 Å². The third-order valence-corrected chi connectivity index (χ3v) is 6.29. The van der Waals surface area contributed by atoms with Crippen molar-refractivity contribution in [2.24, 2.45) is 0 Å². The molecule has 0 aliphatic carbocycles. The number of hydrogen-bond acceptors (Lipinski definition) is 1. The zero-order valence-electron chi connectivity index (χ0n) is 18.9. The van der Waals surface area contributed by atoms with E-state index >= 15 is 0 Å². The van der Waals surface area contributed by atoms with Gasteiger partial charge in [-0.3, -0.25) is 0 Å². The van der Waals surface area contributed by atoms with Gasteiger partial charge in [0.05, 0.1) is 16.5 Å². The Balaban J connectivity index is 2.01. The highest BCUT2D eigenvalue weighted by Crippen LogP contribution is 2.47. The van der Waals surface area contributed by atoms with Crippen molar-refractivity contribution in [3.05, 3.63) is 112 Å². The molecule has 0 aromatic heterocycles. The second-order valence-electron chi connectivity index (χ2n) is 8.70. The molecule has 35 heavy (non-hydrogen) atoms. The Kier molecular flexibility index (Phi) is 5.96. The van der Waals surface area contributed by atoms with Gasteiger partial charge in [0.1, 0.15) is 0 Å². The average molecular weight is 485 g/mol. The fourth-order valence-electron chi connectivity index (χ4n) is 4.41. The normalized spacial score (nSPS) is 18.1. The summed E-state index contributed by atoms with van der Waals surface area (Å²) < 4.78 is 83.1. The molecule has 3 aromatic carbocycles. The van der Waals surface area contributed by atoms with Crippen LogP contribution in [-0.4, -0.2) is 6.54 Å². The van der Waals surface area contributed by atoms with Crippen LogP contribution >= 0.6 is 0 Å². The molecule has 1 nitrogen and oxygen atoms in total. The van der Waals surface area contributed by atoms with Gasteiger partial charge in [-0.15, -0.1) is 6.42 Å². The van der Waals surface area contributed by atoms with Gasteiger partial charge in [0, 0.05) is 24.0 Å². The summed E-state index contributed by atoms with van der Waals surface area (Å²) in [6.07, 6.45) is -1.21. The van der Waals surface area contributed by atoms with E-state index in [2.05, 4.69) is 5.92 Å². The molecule has 0 fully saturated rings. The molecule has 0 bridgehead atoms. The van der Waals surface area contributed by atoms with Gasteiger partial charge in [0.15, 0.2) is 0 Å². The van der Waals surface area contributed by atoms with Crippen LogP contribution in [0.1, 0.15) is 38.9 Å². The number of halogens is 6. The van der Waals surface area contributed by atoms with Gasteiger partial charge >= 0.3 is 12.4 Å². The SMILES string of the molecule is C#Cc1c(C(F)(F)F)cc(C(F)(F)F)cc1C1(c2ccc(C)cc2)C=CN(c2ccc(C)cc2)C1. The van der Waals surface area contributed by atoms with E-state index in [0.29, 0.717) is 5.56 Å². The Bertz CT molecular complexity index is 1310. The number of hydrogen-bond donors (Lipinski definition) is 0. The van der Waals surface area contributed by atoms with E-state index < -0.39 is 34.5 Å². The van der Waals surface area contributed by atoms with Crippen LogP contribution in [0.4, 0.5) is 32.0 Å². The second-order valence-corrected chi connectivity index (χ2v) is 8.70. The first-order valence-electron chi connectivity index (χ1n) is 10.7. The molecule has 1 heterocycles. The summed E-state index contributed by atoms with van der Waals surface area (Å²) in [4.78, 5) is 1.80. The maximum absolute atomic E-state index is 13.9. The van der Waals surface area contributed by atoms with E-state index in [9.17, 15) is 26.3 Å². The van der Waals surface area contributed by atoms with Crippen LogP contribution in [0, 0.1) is 26.2 Å². The van der Waals surface area contributed by atoms with Crippen LogP contribution in [0.2, 0.25) is 0 Å². The topological polar surface area (TPSA) is 3.24 Å². The molecule has 1 atom stereocenters. The third-order valence-electron chi connectivity index (χ3n) is 6.29. The minimum atomic E-state index is -5.06. The van der Waals surface area contributed by atoms with E-state index in [1.807, 2.05) is 38.1 Å². The highest BCUT2D eigenvalue weighted by Gasteiger charge is 2.45. The number of nitrogens with zero attached hydrogens (tertiary/aromatic N) is 1. The second kappa shape index (κ2) is 8.53. The van der Waals surface area contributed by atoms with E-state index in [1.54, 1.807) is 41.4 Å². The average Bonchev–Trinajstić information content (AvgIpc) is 3.24. The van der Waals surface area contributed by atoms with E-state index in [4.69, 9.17) is 6.42 Å². The summed E-state index contributed by atoms with van der Waals surface area (Å²) in [6, 6.07) is 15.3. The number of benzene rings is 3. The zero-order valence-corrected chi connectivity index (χ0v) is 18.9. The van der Waals surface area contributed by atoms with Gasteiger partial charge in [0.25, 0.3) is 0 Å². The van der Waals surface area contributed by atoms with Crippen LogP contribution < -0.4 is 4.90 Å². The lowest BCUT2D eigenvalue weighted by Gasteiger charge is -2.33. The van der Waals surface area contributed by atoms with Crippen LogP contribution in [0.5, 0.6) is 0 Å². The Labute approximate surface area is 199 Å². The van der Waals surface area contributed by atoms with Crippen molar-refractivity contribution in [2.45, 2.75) is 31.6 Å². The predicted octanol–water partition coefficient (Wildman–Crippen LogP) is 7.64. The molecular formula is C28H21F6N. The van der Waals surface area contributed by atoms with Crippen LogP contribution in [0.25, 0.3) is 0 Å². The van der Waals surface area contributed by atoms with Gasteiger partial charge in [-0.2, -0.15) is 26.3 Å². The molecule has 1 aliphatic rings. The molecule has 7 heteroatoms. The number of anilines is 1. The molecule has 0 saturated heterocycles. The Morgan fingerprint density at radius 2 is 1.40 bits per heavy atom. The predicted molar refractivity (Wildman–Crippen MR) is 124 cm³/mol. The Morgan fingerprint density at radius 1 is 0.829 bits per heavy atom. The van der Waals surface area contributed by atoms with Gasteiger partial charge in [-0.05, 0) is 49.2 Å². The first-order valence-corrected chi connectivity index (χ1v) is 10.7. The van der Waals surface area contributed by atoms with Gasteiger partial charge in [-0.25, -0.2) is 0 Å².